The predicted octanol–water partition coefficient (Wildman–Crippen LogP) is 2.91. The topological polar surface area (TPSA) is 153 Å². The summed E-state index contributed by atoms with van der Waals surface area (Å²) in [7, 11) is -3.45. The lowest BCUT2D eigenvalue weighted by molar-refractivity contribution is -0.380. The lowest BCUT2D eigenvalue weighted by Crippen LogP contribution is -2.15. The number of nitro groups is 1. The van der Waals surface area contributed by atoms with Crippen LogP contribution in [0.5, 0.6) is 5.88 Å². The van der Waals surface area contributed by atoms with Crippen LogP contribution in [0.3, 0.4) is 0 Å². The molecule has 0 atom stereocenters. The van der Waals surface area contributed by atoms with Gasteiger partial charge in [0, 0.05) is 35.1 Å². The Balaban J connectivity index is 1.91. The molecule has 11 nitrogen and oxygen atoms in total. The Bertz CT molecular complexity index is 1430. The average molecular weight is 466 g/mol. The molecule has 3 aromatic rings. The Labute approximate surface area is 186 Å². The zero-order chi connectivity index (χ0) is 25.9. The molecule has 2 N–H and O–H groups in total. The van der Waals surface area contributed by atoms with Crippen molar-refractivity contribution in [1.29, 1.82) is 0 Å². The number of hydrogen-bond donors (Lipinski definition) is 2. The number of anilines is 2. The summed E-state index contributed by atoms with van der Waals surface area (Å²) in [5.41, 5.74) is -0.553. The number of methoxy groups -OCH3 is 1. The number of aromatic nitrogens is 2. The van der Waals surface area contributed by atoms with E-state index in [2.05, 4.69) is 15.3 Å². The van der Waals surface area contributed by atoms with Gasteiger partial charge in [0.05, 0.1) is 22.4 Å². The zero-order valence-electron chi connectivity index (χ0n) is 19.6. The molecule has 0 bridgehead atoms. The van der Waals surface area contributed by atoms with Gasteiger partial charge in [-0.3, -0.25) is 19.6 Å². The van der Waals surface area contributed by atoms with E-state index >= 15 is 0 Å². The number of benzene rings is 1. The molecule has 0 aliphatic rings. The molecule has 0 saturated carbocycles. The third-order valence-corrected chi connectivity index (χ3v) is 5.61. The molecule has 0 aliphatic carbocycles. The lowest BCUT2D eigenvalue weighted by Gasteiger charge is -2.10. The zero-order valence-corrected chi connectivity index (χ0v) is 17.2. The number of rotatable bonds is 8. The van der Waals surface area contributed by atoms with E-state index in [0.29, 0.717) is 4.88 Å². The number of thiophene rings is 1. The molecule has 160 valence electrons. The summed E-state index contributed by atoms with van der Waals surface area (Å²) in [6.07, 6.45) is 4.67. The minimum atomic E-state index is -4.68. The van der Waals surface area contributed by atoms with E-state index in [1.165, 1.54) is 37.7 Å². The number of carbonyl (C=O) groups is 1. The second kappa shape index (κ2) is 9.32. The highest BCUT2D eigenvalue weighted by molar-refractivity contribution is 7.92. The van der Waals surface area contributed by atoms with Crippen LogP contribution in [-0.4, -0.2) is 36.3 Å². The van der Waals surface area contributed by atoms with Gasteiger partial charge >= 0.3 is 5.00 Å². The quantitative estimate of drug-likeness (QED) is 0.292. The molecule has 0 aliphatic heterocycles. The molecule has 3 rings (SSSR count). The van der Waals surface area contributed by atoms with E-state index in [1.807, 2.05) is 4.72 Å². The van der Waals surface area contributed by atoms with Crippen molar-refractivity contribution in [2.24, 2.45) is 0 Å². The van der Waals surface area contributed by atoms with Gasteiger partial charge in [-0.2, -0.15) is 0 Å². The van der Waals surface area contributed by atoms with Crippen LogP contribution in [-0.2, 0) is 14.8 Å². The summed E-state index contributed by atoms with van der Waals surface area (Å²) in [5, 5.41) is 12.8. The standard InChI is InChI=1S/C18H15N5O6S2/c1-29-18-17(19-10-11-20-18)22-31(27,28)14-6-2-12(3-7-14)21-15(24)8-4-13-5-9-16(30-13)23(25)26/h2-11H,1H3,(H,19,22)(H,21,24)/b8-4+/i2D,3D,6D,7D. The molecular formula is C18H15N5O6S2. The maximum absolute atomic E-state index is 12.9. The fraction of sp³-hybridized carbons (Fsp3) is 0.0556. The minimum Gasteiger partial charge on any atom is -0.478 e. The molecule has 2 heterocycles. The van der Waals surface area contributed by atoms with Gasteiger partial charge in [0.2, 0.25) is 11.7 Å². The number of amides is 1. The van der Waals surface area contributed by atoms with Gasteiger partial charge in [0.25, 0.3) is 15.9 Å². The van der Waals surface area contributed by atoms with Gasteiger partial charge in [-0.25, -0.2) is 18.4 Å². The largest absolute Gasteiger partial charge is 0.478 e. The van der Waals surface area contributed by atoms with E-state index in [-0.39, 0.29) is 16.7 Å². The Kier molecular flexibility index (Phi) is 5.08. The van der Waals surface area contributed by atoms with Crippen molar-refractivity contribution in [3.8, 4) is 5.88 Å². The van der Waals surface area contributed by atoms with Crippen molar-refractivity contribution < 1.29 is 28.4 Å². The molecule has 13 heteroatoms. The van der Waals surface area contributed by atoms with E-state index in [4.69, 9.17) is 10.2 Å². The maximum Gasteiger partial charge on any atom is 0.324 e. The van der Waals surface area contributed by atoms with Crippen LogP contribution < -0.4 is 14.8 Å². The molecule has 31 heavy (non-hydrogen) atoms. The summed E-state index contributed by atoms with van der Waals surface area (Å²) in [6.45, 7) is 0. The summed E-state index contributed by atoms with van der Waals surface area (Å²) < 4.78 is 65.1. The third kappa shape index (κ3) is 5.61. The first-order chi connectivity index (χ1) is 16.5. The monoisotopic (exact) mass is 465 g/mol. The lowest BCUT2D eigenvalue weighted by atomic mass is 10.3. The molecule has 1 amide bonds. The Morgan fingerprint density at radius 1 is 1.26 bits per heavy atom. The van der Waals surface area contributed by atoms with E-state index in [9.17, 15) is 23.3 Å². The van der Waals surface area contributed by atoms with Crippen LogP contribution in [0.15, 0.2) is 59.7 Å². The van der Waals surface area contributed by atoms with Crippen LogP contribution in [0.2, 0.25) is 0 Å². The number of ether oxygens (including phenoxy) is 1. The highest BCUT2D eigenvalue weighted by atomic mass is 32.2. The van der Waals surface area contributed by atoms with Crippen LogP contribution >= 0.6 is 11.3 Å². The van der Waals surface area contributed by atoms with Gasteiger partial charge in [-0.05, 0) is 36.3 Å². The normalized spacial score (nSPS) is 13.1. The molecule has 0 radical (unpaired) electrons. The molecular weight excluding hydrogens is 446 g/mol. The van der Waals surface area contributed by atoms with E-state index in [0.717, 1.165) is 17.4 Å². The molecule has 1 aromatic carbocycles. The summed E-state index contributed by atoms with van der Waals surface area (Å²) >= 11 is 0.816. The first kappa shape index (κ1) is 16.9. The van der Waals surface area contributed by atoms with E-state index < -0.39 is 55.6 Å². The average Bonchev–Trinajstić information content (AvgIpc) is 3.29. The second-order valence-corrected chi connectivity index (χ2v) is 8.19. The number of carbonyl (C=O) groups excluding carboxylic acids is 1. The summed E-state index contributed by atoms with van der Waals surface area (Å²) in [4.78, 5) is 29.4. The van der Waals surface area contributed by atoms with Crippen molar-refractivity contribution in [1.82, 2.24) is 9.97 Å². The Hall–Kier alpha value is -3.84. The van der Waals surface area contributed by atoms with Crippen LogP contribution in [0.25, 0.3) is 6.08 Å². The fourth-order valence-electron chi connectivity index (χ4n) is 2.07. The second-order valence-electron chi connectivity index (χ2n) is 5.48. The van der Waals surface area contributed by atoms with Crippen LogP contribution in [0.4, 0.5) is 16.5 Å². The molecule has 2 aromatic heterocycles. The van der Waals surface area contributed by atoms with E-state index in [1.54, 1.807) is 0 Å². The van der Waals surface area contributed by atoms with Gasteiger partial charge in [-0.1, -0.05) is 11.3 Å². The number of nitrogens with zero attached hydrogens (tertiary/aromatic N) is 3. The molecule has 0 unspecified atom stereocenters. The number of sulfonamides is 1. The number of nitrogens with one attached hydrogen (secondary N) is 2. The smallest absolute Gasteiger partial charge is 0.324 e. The number of hydrogen-bond acceptors (Lipinski definition) is 9. The Morgan fingerprint density at radius 2 is 1.97 bits per heavy atom. The predicted molar refractivity (Wildman–Crippen MR) is 114 cm³/mol. The van der Waals surface area contributed by atoms with Gasteiger partial charge in [0.1, 0.15) is 0 Å². The molecule has 0 saturated heterocycles. The van der Waals surface area contributed by atoms with Crippen molar-refractivity contribution in [3.63, 3.8) is 0 Å². The van der Waals surface area contributed by atoms with Gasteiger partial charge < -0.3 is 10.1 Å². The van der Waals surface area contributed by atoms with Crippen molar-refractivity contribution in [2.45, 2.75) is 4.90 Å². The summed E-state index contributed by atoms with van der Waals surface area (Å²) in [6, 6.07) is -0.823. The molecule has 0 fully saturated rings. The van der Waals surface area contributed by atoms with Crippen LogP contribution in [0, 0.1) is 10.1 Å². The SMILES string of the molecule is [2H]c1c([2H])c(S(=O)(=O)Nc2nccnc2OC)c([2H])c([2H])c1NC(=O)/C=C/c1ccc([N+](=O)[O-])s1. The highest BCUT2D eigenvalue weighted by Gasteiger charge is 2.18. The maximum atomic E-state index is 12.9. The third-order valence-electron chi connectivity index (χ3n) is 3.40. The van der Waals surface area contributed by atoms with Crippen molar-refractivity contribution in [2.75, 3.05) is 17.1 Å². The summed E-state index contributed by atoms with van der Waals surface area (Å²) in [5.74, 6) is -1.37. The fourth-order valence-corrected chi connectivity index (χ4v) is 3.67. The first-order valence-electron chi connectivity index (χ1n) is 10.2. The van der Waals surface area contributed by atoms with Crippen molar-refractivity contribution in [3.05, 3.63) is 69.8 Å². The van der Waals surface area contributed by atoms with Gasteiger partial charge in [-0.15, -0.1) is 0 Å². The van der Waals surface area contributed by atoms with Gasteiger partial charge in [0.15, 0.2) is 0 Å². The molecule has 0 spiro atoms. The Morgan fingerprint density at radius 3 is 2.61 bits per heavy atom. The first-order valence-corrected chi connectivity index (χ1v) is 10.5. The van der Waals surface area contributed by atoms with Crippen molar-refractivity contribution >= 4 is 49.8 Å². The van der Waals surface area contributed by atoms with Crippen LogP contribution in [0.1, 0.15) is 10.4 Å². The minimum absolute atomic E-state index is 0.130. The highest BCUT2D eigenvalue weighted by Crippen LogP contribution is 2.25.